The number of rotatable bonds is 5. The van der Waals surface area contributed by atoms with E-state index in [-0.39, 0.29) is 48.5 Å². The summed E-state index contributed by atoms with van der Waals surface area (Å²) in [5, 5.41) is 11.6. The van der Waals surface area contributed by atoms with Crippen molar-refractivity contribution in [3.05, 3.63) is 94.5 Å². The maximum atomic E-state index is 13.6. The molecule has 0 bridgehead atoms. The summed E-state index contributed by atoms with van der Waals surface area (Å²) in [5.41, 5.74) is 5.86. The second-order valence-electron chi connectivity index (χ2n) is 11.0. The van der Waals surface area contributed by atoms with Crippen molar-refractivity contribution in [3.8, 4) is 39.9 Å². The van der Waals surface area contributed by atoms with Crippen LogP contribution in [0.2, 0.25) is 0 Å². The third kappa shape index (κ3) is 4.02. The topological polar surface area (TPSA) is 96.3 Å². The minimum Gasteiger partial charge on any atom is -0.502 e. The van der Waals surface area contributed by atoms with Gasteiger partial charge in [-0.1, -0.05) is 36.4 Å². The Morgan fingerprint density at radius 3 is 2.23 bits per heavy atom. The summed E-state index contributed by atoms with van der Waals surface area (Å²) in [4.78, 5) is 18.7. The average molecular weight is 594 g/mol. The smallest absolute Gasteiger partial charge is 0.310 e. The number of hydrogen-bond donors (Lipinski definition) is 1. The predicted octanol–water partition coefficient (Wildman–Crippen LogP) is 6.48. The number of cyclic esters (lactones) is 1. The van der Waals surface area contributed by atoms with E-state index >= 15 is 0 Å². The average Bonchev–Trinajstić information content (AvgIpc) is 3.77. The van der Waals surface area contributed by atoms with E-state index in [1.54, 1.807) is 23.5 Å². The van der Waals surface area contributed by atoms with E-state index in [0.717, 1.165) is 43.0 Å². The molecule has 0 amide bonds. The van der Waals surface area contributed by atoms with Gasteiger partial charge in [-0.25, -0.2) is 4.98 Å². The summed E-state index contributed by atoms with van der Waals surface area (Å²) in [7, 11) is 2.98. The van der Waals surface area contributed by atoms with E-state index in [4.69, 9.17) is 28.7 Å². The predicted molar refractivity (Wildman–Crippen MR) is 160 cm³/mol. The highest BCUT2D eigenvalue weighted by atomic mass is 32.1. The van der Waals surface area contributed by atoms with Crippen LogP contribution < -0.4 is 18.9 Å². The van der Waals surface area contributed by atoms with Crippen molar-refractivity contribution in [2.75, 3.05) is 27.6 Å². The van der Waals surface area contributed by atoms with Crippen LogP contribution in [0.25, 0.3) is 21.3 Å². The molecular weight excluding hydrogens is 566 g/mol. The van der Waals surface area contributed by atoms with E-state index in [2.05, 4.69) is 30.3 Å². The Morgan fingerprint density at radius 2 is 1.53 bits per heavy atom. The van der Waals surface area contributed by atoms with Crippen molar-refractivity contribution in [1.82, 2.24) is 4.98 Å². The first-order valence-corrected chi connectivity index (χ1v) is 14.9. The largest absolute Gasteiger partial charge is 0.502 e. The summed E-state index contributed by atoms with van der Waals surface area (Å²) in [5.74, 6) is 0.198. The number of thiazole rings is 1. The number of aromatic hydroxyl groups is 1. The molecule has 3 heterocycles. The summed E-state index contributed by atoms with van der Waals surface area (Å²) < 4.78 is 29.5. The molecule has 4 aromatic carbocycles. The van der Waals surface area contributed by atoms with Crippen molar-refractivity contribution in [2.24, 2.45) is 11.8 Å². The first-order valence-electron chi connectivity index (χ1n) is 14.0. The van der Waals surface area contributed by atoms with Crippen LogP contribution in [-0.2, 0) is 9.53 Å². The molecule has 0 spiro atoms. The lowest BCUT2D eigenvalue weighted by atomic mass is 9.63. The van der Waals surface area contributed by atoms with Crippen LogP contribution in [0.3, 0.4) is 0 Å². The highest BCUT2D eigenvalue weighted by Crippen LogP contribution is 2.58. The number of benzene rings is 4. The number of hydrogen-bond acceptors (Lipinski definition) is 9. The number of carbonyl (C=O) groups is 1. The Hall–Kier alpha value is -4.76. The van der Waals surface area contributed by atoms with Crippen LogP contribution in [0.5, 0.6) is 28.7 Å². The minimum absolute atomic E-state index is 0.0942. The number of methoxy groups -OCH3 is 2. The van der Waals surface area contributed by atoms with Crippen molar-refractivity contribution < 1.29 is 33.6 Å². The van der Waals surface area contributed by atoms with Gasteiger partial charge >= 0.3 is 5.97 Å². The van der Waals surface area contributed by atoms with Crippen molar-refractivity contribution in [2.45, 2.75) is 11.8 Å². The van der Waals surface area contributed by atoms with Gasteiger partial charge in [0.05, 0.1) is 37.0 Å². The first kappa shape index (κ1) is 25.9. The molecule has 1 aliphatic carbocycles. The SMILES string of the molecule is COc1cc([C@@H]2c3cc4c(cc3[C@@H](c3nc5cc(-c6ccccc6)ccc5s3)[C@H]3COC(=O)[C@H]23)OCO4)cc(OC)c1O. The molecule has 0 saturated carbocycles. The Morgan fingerprint density at radius 1 is 0.837 bits per heavy atom. The van der Waals surface area contributed by atoms with Gasteiger partial charge in [0.15, 0.2) is 23.0 Å². The van der Waals surface area contributed by atoms with Crippen LogP contribution in [0.4, 0.5) is 0 Å². The van der Waals surface area contributed by atoms with Crippen LogP contribution >= 0.6 is 11.3 Å². The van der Waals surface area contributed by atoms with Crippen LogP contribution in [-0.4, -0.2) is 43.7 Å². The second-order valence-corrected chi connectivity index (χ2v) is 12.0. The molecule has 3 aliphatic rings. The highest BCUT2D eigenvalue weighted by Gasteiger charge is 2.53. The molecule has 43 heavy (non-hydrogen) atoms. The van der Waals surface area contributed by atoms with Crippen molar-refractivity contribution in [1.29, 1.82) is 0 Å². The Balaban J connectivity index is 1.32. The zero-order chi connectivity index (χ0) is 29.2. The number of carbonyl (C=O) groups excluding carboxylic acids is 1. The van der Waals surface area contributed by atoms with Crippen LogP contribution in [0, 0.1) is 11.8 Å². The molecule has 1 fully saturated rings. The summed E-state index contributed by atoms with van der Waals surface area (Å²) in [6.07, 6.45) is 0. The molecule has 216 valence electrons. The lowest BCUT2D eigenvalue weighted by Gasteiger charge is -2.38. The van der Waals surface area contributed by atoms with Crippen LogP contribution in [0.1, 0.15) is 33.5 Å². The number of nitrogens with zero attached hydrogens (tertiary/aromatic N) is 1. The van der Waals surface area contributed by atoms with Gasteiger partial charge in [0.25, 0.3) is 0 Å². The van der Waals surface area contributed by atoms with Gasteiger partial charge < -0.3 is 28.8 Å². The van der Waals surface area contributed by atoms with E-state index < -0.39 is 11.8 Å². The Labute approximate surface area is 251 Å². The monoisotopic (exact) mass is 593 g/mol. The highest BCUT2D eigenvalue weighted by molar-refractivity contribution is 7.18. The van der Waals surface area contributed by atoms with E-state index in [1.165, 1.54) is 14.2 Å². The molecular formula is C34H27NO7S. The molecule has 4 atom stereocenters. The third-order valence-electron chi connectivity index (χ3n) is 8.83. The van der Waals surface area contributed by atoms with Crippen molar-refractivity contribution >= 4 is 27.5 Å². The standard InChI is InChI=1S/C34H27NO7S/c1-38-26-11-19(12-27(39-2)32(26)36)29-20-13-24-25(42-16-41-24)14-21(20)30(22-15-40-34(37)31(22)29)33-35-23-10-18(8-9-28(23)43-33)17-6-4-3-5-7-17/h3-14,22,29-31,36H,15-16H2,1-2H3/t22-,29-,30-,31+/m1/s1. The number of phenolic OH excluding ortho intramolecular Hbond substituents is 1. The molecule has 8 rings (SSSR count). The normalized spacial score (nSPS) is 21.8. The zero-order valence-corrected chi connectivity index (χ0v) is 24.2. The maximum absolute atomic E-state index is 13.6. The number of esters is 1. The van der Waals surface area contributed by atoms with Gasteiger partial charge in [0.1, 0.15) is 5.01 Å². The first-order chi connectivity index (χ1) is 21.0. The summed E-state index contributed by atoms with van der Waals surface area (Å²) in [6.45, 7) is 0.406. The molecule has 0 radical (unpaired) electrons. The van der Waals surface area contributed by atoms with Gasteiger partial charge in [0.2, 0.25) is 12.5 Å². The molecule has 1 saturated heterocycles. The summed E-state index contributed by atoms with van der Waals surface area (Å²) in [6, 6.07) is 24.2. The fourth-order valence-corrected chi connectivity index (χ4v) is 8.00. The Kier molecular flexibility index (Phi) is 5.97. The lowest BCUT2D eigenvalue weighted by molar-refractivity contribution is -0.141. The minimum atomic E-state index is -0.497. The van der Waals surface area contributed by atoms with E-state index in [0.29, 0.717) is 11.5 Å². The Bertz CT molecular complexity index is 1880. The molecule has 9 heteroatoms. The number of ether oxygens (including phenoxy) is 5. The fraction of sp³-hybridized carbons (Fsp3) is 0.235. The van der Waals surface area contributed by atoms with Gasteiger partial charge in [-0.3, -0.25) is 4.79 Å². The molecule has 2 aliphatic heterocycles. The van der Waals surface area contributed by atoms with Gasteiger partial charge in [0, 0.05) is 17.8 Å². The number of phenols is 1. The number of fused-ring (bicyclic) bond motifs is 4. The zero-order valence-electron chi connectivity index (χ0n) is 23.4. The summed E-state index contributed by atoms with van der Waals surface area (Å²) >= 11 is 1.64. The van der Waals surface area contributed by atoms with E-state index in [9.17, 15) is 9.90 Å². The van der Waals surface area contributed by atoms with Gasteiger partial charge in [-0.05, 0) is 64.2 Å². The lowest BCUT2D eigenvalue weighted by Crippen LogP contribution is -2.35. The van der Waals surface area contributed by atoms with Gasteiger partial charge in [-0.2, -0.15) is 0 Å². The van der Waals surface area contributed by atoms with Gasteiger partial charge in [-0.15, -0.1) is 11.3 Å². The molecule has 1 aromatic heterocycles. The maximum Gasteiger partial charge on any atom is 0.310 e. The molecule has 0 unspecified atom stereocenters. The van der Waals surface area contributed by atoms with Crippen LogP contribution in [0.15, 0.2) is 72.8 Å². The molecule has 5 aromatic rings. The number of aromatic nitrogens is 1. The molecule has 8 nitrogen and oxygen atoms in total. The quantitative estimate of drug-likeness (QED) is 0.231. The van der Waals surface area contributed by atoms with E-state index in [1.807, 2.05) is 30.3 Å². The third-order valence-corrected chi connectivity index (χ3v) is 9.95. The fourth-order valence-electron chi connectivity index (χ4n) is 6.86. The van der Waals surface area contributed by atoms with Crippen molar-refractivity contribution in [3.63, 3.8) is 0 Å². The molecule has 1 N–H and O–H groups in total. The second kappa shape index (κ2) is 9.91.